The minimum absolute atomic E-state index is 0.488. The molecule has 1 aliphatic rings. The molecule has 0 saturated carbocycles. The zero-order chi connectivity index (χ0) is 13.1. The van der Waals surface area contributed by atoms with Crippen LogP contribution in [0.4, 0.5) is 5.69 Å². The van der Waals surface area contributed by atoms with E-state index in [-0.39, 0.29) is 0 Å². The third-order valence-electron chi connectivity index (χ3n) is 3.61. The molecule has 2 rings (SSSR count). The molecule has 1 aromatic carbocycles. The largest absolute Gasteiger partial charge is 0.497 e. The lowest BCUT2D eigenvalue weighted by Crippen LogP contribution is -2.24. The lowest BCUT2D eigenvalue weighted by molar-refractivity contribution is 0.330. The fraction of sp³-hybridized carbons (Fsp3) is 0.571. The van der Waals surface area contributed by atoms with Crippen LogP contribution < -0.4 is 14.8 Å². The molecule has 0 bridgehead atoms. The van der Waals surface area contributed by atoms with Crippen LogP contribution >= 0.6 is 0 Å². The highest BCUT2D eigenvalue weighted by molar-refractivity contribution is 5.54. The van der Waals surface area contributed by atoms with Gasteiger partial charge in [0.25, 0.3) is 0 Å². The molecule has 1 aromatic rings. The van der Waals surface area contributed by atoms with Gasteiger partial charge >= 0.3 is 0 Å². The summed E-state index contributed by atoms with van der Waals surface area (Å²) in [6.45, 7) is 3.33. The Morgan fingerprint density at radius 2 is 1.78 bits per heavy atom. The highest BCUT2D eigenvalue weighted by Crippen LogP contribution is 2.27. The molecule has 0 aromatic heterocycles. The van der Waals surface area contributed by atoms with Crippen LogP contribution in [0.2, 0.25) is 0 Å². The maximum absolute atomic E-state index is 5.27. The van der Waals surface area contributed by atoms with E-state index in [1.54, 1.807) is 14.2 Å². The molecule has 1 fully saturated rings. The number of ether oxygens (including phenoxy) is 2. The summed E-state index contributed by atoms with van der Waals surface area (Å²) in [7, 11) is 5.51. The third kappa shape index (κ3) is 2.88. The van der Waals surface area contributed by atoms with Crippen LogP contribution in [0.1, 0.15) is 13.3 Å². The van der Waals surface area contributed by atoms with Gasteiger partial charge in [-0.15, -0.1) is 0 Å². The third-order valence-corrected chi connectivity index (χ3v) is 3.61. The number of hydrogen-bond donors (Lipinski definition) is 1. The maximum atomic E-state index is 5.27. The van der Waals surface area contributed by atoms with E-state index in [0.29, 0.717) is 12.1 Å². The van der Waals surface area contributed by atoms with Crippen molar-refractivity contribution in [1.29, 1.82) is 0 Å². The Morgan fingerprint density at radius 1 is 1.17 bits per heavy atom. The Morgan fingerprint density at radius 3 is 2.22 bits per heavy atom. The molecule has 0 amide bonds. The zero-order valence-electron chi connectivity index (χ0n) is 11.6. The second-order valence-corrected chi connectivity index (χ2v) is 4.97. The Hall–Kier alpha value is -1.42. The van der Waals surface area contributed by atoms with Crippen LogP contribution in [0.15, 0.2) is 18.2 Å². The molecule has 1 saturated heterocycles. The van der Waals surface area contributed by atoms with Gasteiger partial charge in [0, 0.05) is 42.5 Å². The van der Waals surface area contributed by atoms with E-state index in [4.69, 9.17) is 9.47 Å². The molecule has 18 heavy (non-hydrogen) atoms. The molecule has 1 heterocycles. The molecule has 4 nitrogen and oxygen atoms in total. The predicted octanol–water partition coefficient (Wildman–Crippen LogP) is 2.21. The summed E-state index contributed by atoms with van der Waals surface area (Å²) >= 11 is 0. The second-order valence-electron chi connectivity index (χ2n) is 4.97. The first-order valence-corrected chi connectivity index (χ1v) is 6.32. The number of methoxy groups -OCH3 is 2. The Labute approximate surface area is 109 Å². The summed E-state index contributed by atoms with van der Waals surface area (Å²) < 4.78 is 10.5. The lowest BCUT2D eigenvalue weighted by atomic mass is 10.2. The van der Waals surface area contributed by atoms with Gasteiger partial charge in [-0.2, -0.15) is 0 Å². The molecule has 100 valence electrons. The molecular formula is C14H22N2O2. The number of nitrogens with one attached hydrogen (secondary N) is 1. The quantitative estimate of drug-likeness (QED) is 0.888. The van der Waals surface area contributed by atoms with E-state index >= 15 is 0 Å². The van der Waals surface area contributed by atoms with Crippen molar-refractivity contribution in [3.63, 3.8) is 0 Å². The van der Waals surface area contributed by atoms with Gasteiger partial charge in [-0.05, 0) is 20.4 Å². The predicted molar refractivity (Wildman–Crippen MR) is 73.7 cm³/mol. The van der Waals surface area contributed by atoms with Crippen molar-refractivity contribution in [3.8, 4) is 11.5 Å². The first kappa shape index (κ1) is 13.0. The maximum Gasteiger partial charge on any atom is 0.124 e. The van der Waals surface area contributed by atoms with Crippen LogP contribution in [0.3, 0.4) is 0 Å². The first-order valence-electron chi connectivity index (χ1n) is 6.32. The van der Waals surface area contributed by atoms with Gasteiger partial charge < -0.3 is 19.7 Å². The van der Waals surface area contributed by atoms with Crippen molar-refractivity contribution < 1.29 is 9.47 Å². The molecule has 2 atom stereocenters. The van der Waals surface area contributed by atoms with Crippen molar-refractivity contribution in [3.05, 3.63) is 18.2 Å². The molecule has 0 radical (unpaired) electrons. The minimum Gasteiger partial charge on any atom is -0.497 e. The van der Waals surface area contributed by atoms with Gasteiger partial charge in [0.2, 0.25) is 0 Å². The normalized spacial score (nSPS) is 24.0. The highest BCUT2D eigenvalue weighted by atomic mass is 16.5. The first-order chi connectivity index (χ1) is 8.62. The SMILES string of the molecule is COc1cc(NC2CC(C)N(C)C2)cc(OC)c1. The summed E-state index contributed by atoms with van der Waals surface area (Å²) in [5.41, 5.74) is 1.05. The van der Waals surface area contributed by atoms with Gasteiger partial charge in [-0.25, -0.2) is 0 Å². The fourth-order valence-electron chi connectivity index (χ4n) is 2.42. The second kappa shape index (κ2) is 5.48. The van der Waals surface area contributed by atoms with Crippen molar-refractivity contribution >= 4 is 5.69 Å². The van der Waals surface area contributed by atoms with Crippen LogP contribution in [-0.2, 0) is 0 Å². The summed E-state index contributed by atoms with van der Waals surface area (Å²) in [6.07, 6.45) is 1.16. The number of hydrogen-bond acceptors (Lipinski definition) is 4. The highest BCUT2D eigenvalue weighted by Gasteiger charge is 2.25. The molecular weight excluding hydrogens is 228 g/mol. The standard InChI is InChI=1S/C14H22N2O2/c1-10-5-12(9-16(10)2)15-11-6-13(17-3)8-14(7-11)18-4/h6-8,10,12,15H,5,9H2,1-4H3. The average molecular weight is 250 g/mol. The Balaban J connectivity index is 2.09. The number of likely N-dealkylation sites (N-methyl/N-ethyl adjacent to an activating group) is 1. The van der Waals surface area contributed by atoms with Crippen molar-refractivity contribution in [2.24, 2.45) is 0 Å². The summed E-state index contributed by atoms with van der Waals surface area (Å²) in [4.78, 5) is 2.37. The number of benzene rings is 1. The monoisotopic (exact) mass is 250 g/mol. The van der Waals surface area contributed by atoms with Crippen LogP contribution in [0.25, 0.3) is 0 Å². The Bertz CT molecular complexity index is 377. The van der Waals surface area contributed by atoms with Crippen molar-refractivity contribution in [2.45, 2.75) is 25.4 Å². The smallest absolute Gasteiger partial charge is 0.124 e. The van der Waals surface area contributed by atoms with E-state index in [9.17, 15) is 0 Å². The fourth-order valence-corrected chi connectivity index (χ4v) is 2.42. The summed E-state index contributed by atoms with van der Waals surface area (Å²) in [5.74, 6) is 1.63. The van der Waals surface area contributed by atoms with E-state index < -0.39 is 0 Å². The van der Waals surface area contributed by atoms with E-state index in [2.05, 4.69) is 24.2 Å². The van der Waals surface area contributed by atoms with Crippen LogP contribution in [0.5, 0.6) is 11.5 Å². The van der Waals surface area contributed by atoms with Crippen molar-refractivity contribution in [2.75, 3.05) is 33.1 Å². The van der Waals surface area contributed by atoms with Gasteiger partial charge in [-0.1, -0.05) is 0 Å². The van der Waals surface area contributed by atoms with Crippen LogP contribution in [-0.4, -0.2) is 44.8 Å². The number of anilines is 1. The number of rotatable bonds is 4. The van der Waals surface area contributed by atoms with Crippen LogP contribution in [0, 0.1) is 0 Å². The van der Waals surface area contributed by atoms with Gasteiger partial charge in [0.15, 0.2) is 0 Å². The Kier molecular flexibility index (Phi) is 3.97. The molecule has 2 unspecified atom stereocenters. The van der Waals surface area contributed by atoms with Gasteiger partial charge in [-0.3, -0.25) is 0 Å². The minimum atomic E-state index is 0.488. The molecule has 1 aliphatic heterocycles. The average Bonchev–Trinajstić information content (AvgIpc) is 2.67. The zero-order valence-corrected chi connectivity index (χ0v) is 11.6. The topological polar surface area (TPSA) is 33.7 Å². The summed E-state index contributed by atoms with van der Waals surface area (Å²) in [6, 6.07) is 7.02. The number of nitrogens with zero attached hydrogens (tertiary/aromatic N) is 1. The summed E-state index contributed by atoms with van der Waals surface area (Å²) in [5, 5.41) is 3.55. The molecule has 1 N–H and O–H groups in total. The molecule has 4 heteroatoms. The van der Waals surface area contributed by atoms with Crippen molar-refractivity contribution in [1.82, 2.24) is 4.90 Å². The van der Waals surface area contributed by atoms with Gasteiger partial charge in [0.1, 0.15) is 11.5 Å². The lowest BCUT2D eigenvalue weighted by Gasteiger charge is -2.16. The van der Waals surface area contributed by atoms with Gasteiger partial charge in [0.05, 0.1) is 14.2 Å². The van der Waals surface area contributed by atoms with E-state index in [1.165, 1.54) is 0 Å². The molecule has 0 spiro atoms. The number of likely N-dealkylation sites (tertiary alicyclic amines) is 1. The van der Waals surface area contributed by atoms with E-state index in [1.807, 2.05) is 18.2 Å². The molecule has 0 aliphatic carbocycles. The van der Waals surface area contributed by atoms with E-state index in [0.717, 1.165) is 30.2 Å².